The van der Waals surface area contributed by atoms with Crippen LogP contribution in [0.4, 0.5) is 0 Å². The minimum atomic E-state index is -0.753. The number of nitrogens with one attached hydrogen (secondary N) is 2. The van der Waals surface area contributed by atoms with Gasteiger partial charge in [0.25, 0.3) is 0 Å². The number of carbonyl (C=O) groups excluding carboxylic acids is 1. The van der Waals surface area contributed by atoms with Gasteiger partial charge < -0.3 is 15.7 Å². The summed E-state index contributed by atoms with van der Waals surface area (Å²) in [5, 5.41) is 14.7. The van der Waals surface area contributed by atoms with E-state index in [4.69, 9.17) is 5.11 Å². The molecule has 1 saturated carbocycles. The van der Waals surface area contributed by atoms with Crippen LogP contribution < -0.4 is 10.6 Å². The molecule has 0 saturated heterocycles. The highest BCUT2D eigenvalue weighted by molar-refractivity contribution is 5.77. The van der Waals surface area contributed by atoms with E-state index in [0.29, 0.717) is 31.5 Å². The summed E-state index contributed by atoms with van der Waals surface area (Å²) in [6.07, 6.45) is 6.60. The van der Waals surface area contributed by atoms with Crippen molar-refractivity contribution < 1.29 is 14.7 Å². The van der Waals surface area contributed by atoms with Crippen molar-refractivity contribution in [1.82, 2.24) is 10.6 Å². The van der Waals surface area contributed by atoms with Gasteiger partial charge >= 0.3 is 5.97 Å². The van der Waals surface area contributed by atoms with Gasteiger partial charge in [0.15, 0.2) is 0 Å². The maximum absolute atomic E-state index is 11.6. The van der Waals surface area contributed by atoms with Gasteiger partial charge in [0.2, 0.25) is 5.91 Å². The minimum Gasteiger partial charge on any atom is -0.481 e. The highest BCUT2D eigenvalue weighted by atomic mass is 16.4. The van der Waals surface area contributed by atoms with Crippen molar-refractivity contribution in [3.8, 4) is 0 Å². The van der Waals surface area contributed by atoms with Crippen molar-refractivity contribution in [3.63, 3.8) is 0 Å². The second-order valence-electron chi connectivity index (χ2n) is 5.54. The Labute approximate surface area is 115 Å². The van der Waals surface area contributed by atoms with E-state index in [1.54, 1.807) is 0 Å². The Hall–Kier alpha value is -1.10. The molecule has 5 heteroatoms. The van der Waals surface area contributed by atoms with Gasteiger partial charge in [-0.25, -0.2) is 0 Å². The van der Waals surface area contributed by atoms with Crippen molar-refractivity contribution in [3.05, 3.63) is 0 Å². The van der Waals surface area contributed by atoms with Crippen LogP contribution in [0.25, 0.3) is 0 Å². The zero-order valence-electron chi connectivity index (χ0n) is 11.8. The average molecular weight is 270 g/mol. The van der Waals surface area contributed by atoms with Crippen LogP contribution in [0, 0.1) is 5.92 Å². The molecule has 1 unspecified atom stereocenters. The van der Waals surface area contributed by atoms with E-state index in [9.17, 15) is 9.59 Å². The first kappa shape index (κ1) is 16.0. The summed E-state index contributed by atoms with van der Waals surface area (Å²) >= 11 is 0. The lowest BCUT2D eigenvalue weighted by atomic mass is 10.0. The SMILES string of the molecule is CC(CCNC(=O)CNC1CCCC1)CCC(=O)O. The molecule has 1 fully saturated rings. The third kappa shape index (κ3) is 7.82. The van der Waals surface area contributed by atoms with Gasteiger partial charge in [0.05, 0.1) is 6.54 Å². The largest absolute Gasteiger partial charge is 0.481 e. The Balaban J connectivity index is 1.98. The number of rotatable bonds is 9. The molecule has 1 aliphatic rings. The van der Waals surface area contributed by atoms with E-state index in [0.717, 1.165) is 6.42 Å². The molecule has 1 aliphatic carbocycles. The maximum atomic E-state index is 11.6. The van der Waals surface area contributed by atoms with Crippen LogP contribution in [0.5, 0.6) is 0 Å². The second kappa shape index (κ2) is 8.91. The molecule has 0 heterocycles. The van der Waals surface area contributed by atoms with Crippen molar-refractivity contribution in [2.75, 3.05) is 13.1 Å². The average Bonchev–Trinajstić information content (AvgIpc) is 2.87. The summed E-state index contributed by atoms with van der Waals surface area (Å²) in [5.41, 5.74) is 0. The number of carbonyl (C=O) groups is 2. The van der Waals surface area contributed by atoms with E-state index in [2.05, 4.69) is 10.6 Å². The fraction of sp³-hybridized carbons (Fsp3) is 0.857. The Morgan fingerprint density at radius 2 is 1.95 bits per heavy atom. The van der Waals surface area contributed by atoms with Gasteiger partial charge in [-0.2, -0.15) is 0 Å². The summed E-state index contributed by atoms with van der Waals surface area (Å²) in [5.74, 6) is -0.381. The molecule has 19 heavy (non-hydrogen) atoms. The normalized spacial score (nSPS) is 17.3. The first-order valence-electron chi connectivity index (χ1n) is 7.30. The van der Waals surface area contributed by atoms with Crippen molar-refractivity contribution in [1.29, 1.82) is 0 Å². The van der Waals surface area contributed by atoms with Crippen LogP contribution in [0.2, 0.25) is 0 Å². The number of hydrogen-bond acceptors (Lipinski definition) is 3. The first-order valence-corrected chi connectivity index (χ1v) is 7.30. The Morgan fingerprint density at radius 1 is 1.26 bits per heavy atom. The van der Waals surface area contributed by atoms with Crippen molar-refractivity contribution >= 4 is 11.9 Å². The Bertz CT molecular complexity index is 288. The summed E-state index contributed by atoms with van der Waals surface area (Å²) < 4.78 is 0. The van der Waals surface area contributed by atoms with E-state index in [-0.39, 0.29) is 12.3 Å². The topological polar surface area (TPSA) is 78.4 Å². The molecule has 0 aliphatic heterocycles. The van der Waals surface area contributed by atoms with Gasteiger partial charge in [0, 0.05) is 19.0 Å². The predicted molar refractivity (Wildman–Crippen MR) is 73.9 cm³/mol. The molecule has 5 nitrogen and oxygen atoms in total. The van der Waals surface area contributed by atoms with E-state index < -0.39 is 5.97 Å². The van der Waals surface area contributed by atoms with Crippen LogP contribution >= 0.6 is 0 Å². The van der Waals surface area contributed by atoms with E-state index in [1.807, 2.05) is 6.92 Å². The standard InChI is InChI=1S/C14H26N2O3/c1-11(6-7-14(18)19)8-9-15-13(17)10-16-12-4-2-3-5-12/h11-12,16H,2-10H2,1H3,(H,15,17)(H,18,19). The molecule has 0 spiro atoms. The molecule has 0 aromatic carbocycles. The van der Waals surface area contributed by atoms with E-state index in [1.165, 1.54) is 25.7 Å². The molecule has 1 amide bonds. The fourth-order valence-corrected chi connectivity index (χ4v) is 2.40. The fourth-order valence-electron chi connectivity index (χ4n) is 2.40. The van der Waals surface area contributed by atoms with Gasteiger partial charge in [0.1, 0.15) is 0 Å². The molecule has 0 aromatic rings. The molecule has 1 rings (SSSR count). The molecule has 0 bridgehead atoms. The molecule has 0 radical (unpaired) electrons. The Kier molecular flexibility index (Phi) is 7.48. The van der Waals surface area contributed by atoms with Gasteiger partial charge in [-0.15, -0.1) is 0 Å². The smallest absolute Gasteiger partial charge is 0.303 e. The Morgan fingerprint density at radius 3 is 2.58 bits per heavy atom. The van der Waals surface area contributed by atoms with Gasteiger partial charge in [-0.3, -0.25) is 9.59 Å². The summed E-state index contributed by atoms with van der Waals surface area (Å²) in [6, 6.07) is 0.514. The van der Waals surface area contributed by atoms with Crippen LogP contribution in [0.15, 0.2) is 0 Å². The molecule has 110 valence electrons. The van der Waals surface area contributed by atoms with Crippen LogP contribution in [-0.2, 0) is 9.59 Å². The monoisotopic (exact) mass is 270 g/mol. The number of aliphatic carboxylic acids is 1. The highest BCUT2D eigenvalue weighted by Crippen LogP contribution is 2.17. The summed E-state index contributed by atoms with van der Waals surface area (Å²) in [4.78, 5) is 22.0. The van der Waals surface area contributed by atoms with Crippen LogP contribution in [0.3, 0.4) is 0 Å². The van der Waals surface area contributed by atoms with Crippen molar-refractivity contribution in [2.24, 2.45) is 5.92 Å². The molecule has 0 aromatic heterocycles. The summed E-state index contributed by atoms with van der Waals surface area (Å²) in [7, 11) is 0. The number of carboxylic acid groups (broad SMARTS) is 1. The molecular weight excluding hydrogens is 244 g/mol. The van der Waals surface area contributed by atoms with Crippen molar-refractivity contribution in [2.45, 2.75) is 57.9 Å². The third-order valence-corrected chi connectivity index (χ3v) is 3.72. The lowest BCUT2D eigenvalue weighted by Gasteiger charge is -2.13. The predicted octanol–water partition coefficient (Wildman–Crippen LogP) is 1.53. The van der Waals surface area contributed by atoms with Crippen LogP contribution in [-0.4, -0.2) is 36.1 Å². The number of hydrogen-bond donors (Lipinski definition) is 3. The first-order chi connectivity index (χ1) is 9.08. The maximum Gasteiger partial charge on any atom is 0.303 e. The second-order valence-corrected chi connectivity index (χ2v) is 5.54. The molecule has 3 N–H and O–H groups in total. The zero-order valence-corrected chi connectivity index (χ0v) is 11.8. The highest BCUT2D eigenvalue weighted by Gasteiger charge is 2.15. The summed E-state index contributed by atoms with van der Waals surface area (Å²) in [6.45, 7) is 3.05. The van der Waals surface area contributed by atoms with Gasteiger partial charge in [-0.05, 0) is 31.6 Å². The minimum absolute atomic E-state index is 0.0392. The van der Waals surface area contributed by atoms with E-state index >= 15 is 0 Å². The van der Waals surface area contributed by atoms with Gasteiger partial charge in [-0.1, -0.05) is 19.8 Å². The van der Waals surface area contributed by atoms with Crippen LogP contribution in [0.1, 0.15) is 51.9 Å². The number of amides is 1. The zero-order chi connectivity index (χ0) is 14.1. The molecular formula is C14H26N2O3. The molecule has 1 atom stereocenters. The lowest BCUT2D eigenvalue weighted by Crippen LogP contribution is -2.38. The quantitative estimate of drug-likeness (QED) is 0.593. The lowest BCUT2D eigenvalue weighted by molar-refractivity contribution is -0.137. The number of carboxylic acids is 1. The third-order valence-electron chi connectivity index (χ3n) is 3.72.